The molecule has 7 nitrogen and oxygen atoms in total. The maximum absolute atomic E-state index is 12.9. The van der Waals surface area contributed by atoms with Crippen molar-refractivity contribution < 1.29 is 19.1 Å². The Bertz CT molecular complexity index is 1620. The van der Waals surface area contributed by atoms with Crippen LogP contribution in [0.25, 0.3) is 0 Å². The number of benzene rings is 4. The first-order chi connectivity index (χ1) is 19.3. The highest BCUT2D eigenvalue weighted by molar-refractivity contribution is 6.53. The first-order valence-corrected chi connectivity index (χ1v) is 13.1. The summed E-state index contributed by atoms with van der Waals surface area (Å²) in [5, 5.41) is 6.51. The van der Waals surface area contributed by atoms with Crippen LogP contribution in [0.2, 0.25) is 10.0 Å². The lowest BCUT2D eigenvalue weighted by molar-refractivity contribution is -0.120. The molecular weight excluding hydrogens is 573 g/mol. The molecule has 0 unspecified atom stereocenters. The Labute approximate surface area is 244 Å². The van der Waals surface area contributed by atoms with E-state index >= 15 is 0 Å². The van der Waals surface area contributed by atoms with E-state index in [0.717, 1.165) is 10.5 Å². The van der Waals surface area contributed by atoms with Crippen molar-refractivity contribution in [2.75, 3.05) is 15.5 Å². The van der Waals surface area contributed by atoms with Crippen LogP contribution < -0.4 is 20.3 Å². The quantitative estimate of drug-likeness (QED) is 0.210. The number of nitrogens with one attached hydrogen (secondary N) is 2. The van der Waals surface area contributed by atoms with Crippen molar-refractivity contribution in [1.82, 2.24) is 0 Å². The van der Waals surface area contributed by atoms with Gasteiger partial charge in [-0.25, -0.2) is 4.90 Å². The van der Waals surface area contributed by atoms with Gasteiger partial charge in [-0.2, -0.15) is 0 Å². The van der Waals surface area contributed by atoms with E-state index in [4.69, 9.17) is 39.5 Å². The highest BCUT2D eigenvalue weighted by Gasteiger charge is 2.39. The maximum atomic E-state index is 12.9. The van der Waals surface area contributed by atoms with Crippen LogP contribution >= 0.6 is 34.8 Å². The Balaban J connectivity index is 1.18. The number of imide groups is 1. The van der Waals surface area contributed by atoms with Gasteiger partial charge in [-0.3, -0.25) is 14.4 Å². The predicted molar refractivity (Wildman–Crippen MR) is 157 cm³/mol. The lowest BCUT2D eigenvalue weighted by atomic mass is 10.2. The molecule has 4 aromatic rings. The summed E-state index contributed by atoms with van der Waals surface area (Å²) in [6.07, 6.45) is 0. The fourth-order valence-corrected chi connectivity index (χ4v) is 4.42. The summed E-state index contributed by atoms with van der Waals surface area (Å²) in [5.41, 5.74) is 2.69. The van der Waals surface area contributed by atoms with E-state index in [1.54, 1.807) is 78.9 Å². The number of ether oxygens (including phenoxy) is 1. The number of rotatable bonds is 8. The van der Waals surface area contributed by atoms with Gasteiger partial charge in [0.2, 0.25) is 0 Å². The number of hydrogen-bond donors (Lipinski definition) is 2. The largest absolute Gasteiger partial charge is 0.489 e. The Morgan fingerprint density at radius 3 is 2.10 bits per heavy atom. The SMILES string of the molecule is O=C(Nc1ccc(OCc2ccc(Cl)cc2)cc1)c1ccc(NC2=C(Cl)C(=O)N(c3cccc(Cl)c3)C2=O)cc1. The van der Waals surface area contributed by atoms with E-state index in [1.165, 1.54) is 6.07 Å². The van der Waals surface area contributed by atoms with Crippen molar-refractivity contribution in [3.8, 4) is 5.75 Å². The van der Waals surface area contributed by atoms with Crippen molar-refractivity contribution in [2.45, 2.75) is 6.61 Å². The smallest absolute Gasteiger partial charge is 0.283 e. The van der Waals surface area contributed by atoms with E-state index in [9.17, 15) is 14.4 Å². The second-order valence-electron chi connectivity index (χ2n) is 8.71. The number of carbonyl (C=O) groups is 3. The van der Waals surface area contributed by atoms with Gasteiger partial charge in [-0.05, 0) is 84.4 Å². The summed E-state index contributed by atoms with van der Waals surface area (Å²) in [4.78, 5) is 39.3. The zero-order valence-electron chi connectivity index (χ0n) is 20.7. The van der Waals surface area contributed by atoms with Gasteiger partial charge < -0.3 is 15.4 Å². The van der Waals surface area contributed by atoms with Gasteiger partial charge in [0.15, 0.2) is 0 Å². The van der Waals surface area contributed by atoms with Crippen molar-refractivity contribution in [3.05, 3.63) is 129 Å². The van der Waals surface area contributed by atoms with E-state index in [0.29, 0.717) is 45.0 Å². The van der Waals surface area contributed by atoms with Crippen LogP contribution in [0.15, 0.2) is 108 Å². The first kappa shape index (κ1) is 27.3. The van der Waals surface area contributed by atoms with Crippen LogP contribution in [0.1, 0.15) is 15.9 Å². The number of amides is 3. The second-order valence-corrected chi connectivity index (χ2v) is 9.96. The van der Waals surface area contributed by atoms with Crippen LogP contribution in [-0.4, -0.2) is 17.7 Å². The Morgan fingerprint density at radius 1 is 0.750 bits per heavy atom. The molecule has 40 heavy (non-hydrogen) atoms. The third kappa shape index (κ3) is 6.13. The van der Waals surface area contributed by atoms with Crippen molar-refractivity contribution in [3.63, 3.8) is 0 Å². The molecular formula is C30H20Cl3N3O4. The number of nitrogens with zero attached hydrogens (tertiary/aromatic N) is 1. The Hall–Kier alpha value is -4.30. The second kappa shape index (κ2) is 11.8. The molecule has 4 aromatic carbocycles. The van der Waals surface area contributed by atoms with Gasteiger partial charge in [-0.15, -0.1) is 0 Å². The highest BCUT2D eigenvalue weighted by atomic mass is 35.5. The summed E-state index contributed by atoms with van der Waals surface area (Å²) in [6, 6.07) is 27.2. The third-order valence-electron chi connectivity index (χ3n) is 5.94. The molecule has 2 N–H and O–H groups in total. The lowest BCUT2D eigenvalue weighted by Crippen LogP contribution is -2.32. The van der Waals surface area contributed by atoms with Gasteiger partial charge in [0, 0.05) is 27.0 Å². The van der Waals surface area contributed by atoms with Crippen molar-refractivity contribution in [1.29, 1.82) is 0 Å². The van der Waals surface area contributed by atoms with Crippen LogP contribution in [0.3, 0.4) is 0 Å². The molecule has 10 heteroatoms. The molecule has 0 spiro atoms. The van der Waals surface area contributed by atoms with Crippen molar-refractivity contribution >= 4 is 69.6 Å². The fraction of sp³-hybridized carbons (Fsp3) is 0.0333. The summed E-state index contributed by atoms with van der Waals surface area (Å²) < 4.78 is 5.77. The molecule has 1 heterocycles. The third-order valence-corrected chi connectivity index (χ3v) is 6.78. The van der Waals surface area contributed by atoms with Crippen LogP contribution in [0.5, 0.6) is 5.75 Å². The van der Waals surface area contributed by atoms with Crippen LogP contribution in [0, 0.1) is 0 Å². The minimum Gasteiger partial charge on any atom is -0.489 e. The zero-order chi connectivity index (χ0) is 28.2. The molecule has 0 fully saturated rings. The van der Waals surface area contributed by atoms with Gasteiger partial charge in [-0.1, -0.05) is 53.0 Å². The topological polar surface area (TPSA) is 87.7 Å². The summed E-state index contributed by atoms with van der Waals surface area (Å²) >= 11 is 18.1. The monoisotopic (exact) mass is 591 g/mol. The minimum absolute atomic E-state index is 0.0674. The van der Waals surface area contributed by atoms with E-state index in [2.05, 4.69) is 10.6 Å². The number of anilines is 3. The average molecular weight is 593 g/mol. The van der Waals surface area contributed by atoms with E-state index in [1.807, 2.05) is 12.1 Å². The average Bonchev–Trinajstić information content (AvgIpc) is 3.16. The maximum Gasteiger partial charge on any atom is 0.283 e. The standard InChI is InChI=1S/C30H20Cl3N3O4/c31-20-8-4-18(5-9-20)17-40-25-14-12-23(13-15-25)35-28(37)19-6-10-22(11-7-19)34-27-26(33)29(38)36(30(27)39)24-3-1-2-21(32)16-24/h1-16,34H,17H2,(H,35,37). The Kier molecular flexibility index (Phi) is 8.07. The normalized spacial score (nSPS) is 13.0. The fourth-order valence-electron chi connectivity index (χ4n) is 3.90. The lowest BCUT2D eigenvalue weighted by Gasteiger charge is -2.15. The predicted octanol–water partition coefficient (Wildman–Crippen LogP) is 7.26. The summed E-state index contributed by atoms with van der Waals surface area (Å²) in [7, 11) is 0. The highest BCUT2D eigenvalue weighted by Crippen LogP contribution is 2.31. The molecule has 0 aliphatic carbocycles. The van der Waals surface area contributed by atoms with E-state index in [-0.39, 0.29) is 16.6 Å². The molecule has 3 amide bonds. The number of carbonyl (C=O) groups excluding carboxylic acids is 3. The summed E-state index contributed by atoms with van der Waals surface area (Å²) in [5.74, 6) is -0.934. The molecule has 0 aromatic heterocycles. The molecule has 0 atom stereocenters. The zero-order valence-corrected chi connectivity index (χ0v) is 22.9. The molecule has 1 aliphatic rings. The van der Waals surface area contributed by atoms with Gasteiger partial charge in [0.25, 0.3) is 17.7 Å². The minimum atomic E-state index is -0.658. The molecule has 0 saturated carbocycles. The van der Waals surface area contributed by atoms with Crippen molar-refractivity contribution in [2.24, 2.45) is 0 Å². The molecule has 200 valence electrons. The molecule has 5 rings (SSSR count). The van der Waals surface area contributed by atoms with Crippen LogP contribution in [0.4, 0.5) is 17.1 Å². The van der Waals surface area contributed by atoms with E-state index < -0.39 is 11.8 Å². The molecule has 0 radical (unpaired) electrons. The molecule has 0 saturated heterocycles. The van der Waals surface area contributed by atoms with Gasteiger partial charge >= 0.3 is 0 Å². The summed E-state index contributed by atoms with van der Waals surface area (Å²) in [6.45, 7) is 0.393. The first-order valence-electron chi connectivity index (χ1n) is 12.0. The number of halogens is 3. The van der Waals surface area contributed by atoms with Crippen LogP contribution in [-0.2, 0) is 16.2 Å². The van der Waals surface area contributed by atoms with Gasteiger partial charge in [0.1, 0.15) is 23.1 Å². The molecule has 1 aliphatic heterocycles. The molecule has 0 bridgehead atoms. The number of hydrogen-bond acceptors (Lipinski definition) is 5. The van der Waals surface area contributed by atoms with Gasteiger partial charge in [0.05, 0.1) is 5.69 Å². The Morgan fingerprint density at radius 2 is 1.43 bits per heavy atom.